The van der Waals surface area contributed by atoms with Gasteiger partial charge in [-0.05, 0) is 74.5 Å². The summed E-state index contributed by atoms with van der Waals surface area (Å²) >= 11 is 0. The second kappa shape index (κ2) is 8.53. The molecule has 1 aromatic rings. The van der Waals surface area contributed by atoms with E-state index in [4.69, 9.17) is 0 Å². The zero-order valence-corrected chi connectivity index (χ0v) is 16.8. The lowest BCUT2D eigenvalue weighted by Crippen LogP contribution is -2.45. The third-order valence-corrected chi connectivity index (χ3v) is 6.35. The Morgan fingerprint density at radius 2 is 1.87 bits per heavy atom. The molecule has 30 heavy (non-hydrogen) atoms. The SMILES string of the molecule is O=C(C1CC=C(c2cccc(C(F)(F)F)c2)C=C1F)N1CCCC1CN1CCCC1. The van der Waals surface area contributed by atoms with Crippen LogP contribution in [-0.4, -0.2) is 47.9 Å². The van der Waals surface area contributed by atoms with Crippen LogP contribution in [0.1, 0.15) is 43.2 Å². The molecule has 1 aliphatic carbocycles. The predicted molar refractivity (Wildman–Crippen MR) is 107 cm³/mol. The largest absolute Gasteiger partial charge is 0.416 e. The van der Waals surface area contributed by atoms with E-state index >= 15 is 0 Å². The molecule has 2 aliphatic heterocycles. The zero-order valence-electron chi connectivity index (χ0n) is 16.8. The number of benzene rings is 1. The quantitative estimate of drug-likeness (QED) is 0.634. The molecule has 1 aromatic carbocycles. The highest BCUT2D eigenvalue weighted by atomic mass is 19.4. The van der Waals surface area contributed by atoms with Gasteiger partial charge >= 0.3 is 6.18 Å². The summed E-state index contributed by atoms with van der Waals surface area (Å²) in [5, 5.41) is 0. The molecule has 3 aliphatic rings. The molecular formula is C23H26F4N2O. The molecule has 162 valence electrons. The van der Waals surface area contributed by atoms with Gasteiger partial charge in [-0.3, -0.25) is 4.79 Å². The summed E-state index contributed by atoms with van der Waals surface area (Å²) in [6.45, 7) is 3.60. The van der Waals surface area contributed by atoms with Crippen LogP contribution in [0, 0.1) is 5.92 Å². The molecule has 0 bridgehead atoms. The van der Waals surface area contributed by atoms with Crippen LogP contribution in [0.3, 0.4) is 0 Å². The number of nitrogens with zero attached hydrogens (tertiary/aromatic N) is 2. The summed E-state index contributed by atoms with van der Waals surface area (Å²) in [4.78, 5) is 17.3. The fourth-order valence-electron chi connectivity index (χ4n) is 4.74. The maximum absolute atomic E-state index is 14.9. The van der Waals surface area contributed by atoms with Crippen molar-refractivity contribution >= 4 is 11.5 Å². The van der Waals surface area contributed by atoms with Crippen molar-refractivity contribution in [1.82, 2.24) is 9.80 Å². The molecule has 2 fully saturated rings. The molecule has 2 saturated heterocycles. The Bertz CT molecular complexity index is 855. The van der Waals surface area contributed by atoms with Gasteiger partial charge in [-0.1, -0.05) is 18.2 Å². The van der Waals surface area contributed by atoms with Crippen molar-refractivity contribution in [2.24, 2.45) is 5.92 Å². The topological polar surface area (TPSA) is 23.6 Å². The lowest BCUT2D eigenvalue weighted by atomic mass is 9.90. The number of halogens is 4. The van der Waals surface area contributed by atoms with Crippen LogP contribution in [0.2, 0.25) is 0 Å². The first kappa shape index (κ1) is 21.1. The standard InChI is InChI=1S/C23H26F4N2O/c24-21-14-17(16-5-3-6-18(13-16)23(25,26)27)8-9-20(21)22(30)29-12-4-7-19(29)15-28-10-1-2-11-28/h3,5-6,8,13-14,19-20H,1-2,4,7,9-12,15H2. The first-order chi connectivity index (χ1) is 14.3. The van der Waals surface area contributed by atoms with Gasteiger partial charge in [0.05, 0.1) is 11.5 Å². The molecule has 0 aromatic heterocycles. The van der Waals surface area contributed by atoms with Gasteiger partial charge in [0, 0.05) is 19.1 Å². The van der Waals surface area contributed by atoms with E-state index in [-0.39, 0.29) is 18.4 Å². The lowest BCUT2D eigenvalue weighted by molar-refractivity contribution is -0.137. The molecule has 1 amide bonds. The van der Waals surface area contributed by atoms with Crippen molar-refractivity contribution in [2.75, 3.05) is 26.2 Å². The third kappa shape index (κ3) is 4.46. The van der Waals surface area contributed by atoms with Crippen LogP contribution < -0.4 is 0 Å². The van der Waals surface area contributed by atoms with Gasteiger partial charge in [0.25, 0.3) is 0 Å². The van der Waals surface area contributed by atoms with E-state index in [1.165, 1.54) is 31.1 Å². The van der Waals surface area contributed by atoms with Gasteiger partial charge in [0.1, 0.15) is 5.83 Å². The first-order valence-corrected chi connectivity index (χ1v) is 10.6. The maximum atomic E-state index is 14.9. The Kier molecular flexibility index (Phi) is 6.00. The Morgan fingerprint density at radius 3 is 2.57 bits per heavy atom. The molecule has 0 radical (unpaired) electrons. The van der Waals surface area contributed by atoms with Gasteiger partial charge in [0.2, 0.25) is 5.91 Å². The zero-order chi connectivity index (χ0) is 21.3. The van der Waals surface area contributed by atoms with E-state index in [0.29, 0.717) is 17.7 Å². The smallest absolute Gasteiger partial charge is 0.338 e. The average molecular weight is 422 g/mol. The van der Waals surface area contributed by atoms with Crippen molar-refractivity contribution in [1.29, 1.82) is 0 Å². The van der Waals surface area contributed by atoms with Crippen molar-refractivity contribution in [3.63, 3.8) is 0 Å². The molecule has 0 spiro atoms. The van der Waals surface area contributed by atoms with Crippen molar-refractivity contribution in [3.05, 3.63) is 53.4 Å². The minimum atomic E-state index is -4.45. The van der Waals surface area contributed by atoms with E-state index in [1.54, 1.807) is 6.08 Å². The summed E-state index contributed by atoms with van der Waals surface area (Å²) in [6, 6.07) is 4.98. The van der Waals surface area contributed by atoms with Crippen LogP contribution in [0.4, 0.5) is 17.6 Å². The summed E-state index contributed by atoms with van der Waals surface area (Å²) in [6.07, 6.45) is 2.83. The van der Waals surface area contributed by atoms with Gasteiger partial charge < -0.3 is 9.80 Å². The Morgan fingerprint density at radius 1 is 1.10 bits per heavy atom. The van der Waals surface area contributed by atoms with Crippen LogP contribution in [0.15, 0.2) is 42.2 Å². The highest BCUT2D eigenvalue weighted by molar-refractivity contribution is 5.86. The number of rotatable bonds is 4. The number of likely N-dealkylation sites (tertiary alicyclic amines) is 2. The van der Waals surface area contributed by atoms with Gasteiger partial charge in [-0.15, -0.1) is 0 Å². The second-order valence-electron chi connectivity index (χ2n) is 8.39. The minimum Gasteiger partial charge on any atom is -0.338 e. The monoisotopic (exact) mass is 422 g/mol. The first-order valence-electron chi connectivity index (χ1n) is 10.6. The molecule has 7 heteroatoms. The number of amides is 1. The highest BCUT2D eigenvalue weighted by Gasteiger charge is 2.37. The summed E-state index contributed by atoms with van der Waals surface area (Å²) in [7, 11) is 0. The number of alkyl halides is 3. The second-order valence-corrected chi connectivity index (χ2v) is 8.39. The lowest BCUT2D eigenvalue weighted by Gasteiger charge is -2.31. The van der Waals surface area contributed by atoms with Crippen LogP contribution in [-0.2, 0) is 11.0 Å². The predicted octanol–water partition coefficient (Wildman–Crippen LogP) is 5.05. The fourth-order valence-corrected chi connectivity index (χ4v) is 4.74. The average Bonchev–Trinajstić information content (AvgIpc) is 3.39. The molecule has 0 N–H and O–H groups in total. The van der Waals surface area contributed by atoms with Crippen molar-refractivity contribution in [3.8, 4) is 0 Å². The van der Waals surface area contributed by atoms with E-state index in [2.05, 4.69) is 4.90 Å². The van der Waals surface area contributed by atoms with Crippen LogP contribution >= 0.6 is 0 Å². The highest BCUT2D eigenvalue weighted by Crippen LogP contribution is 2.36. The third-order valence-electron chi connectivity index (χ3n) is 6.35. The van der Waals surface area contributed by atoms with Crippen molar-refractivity contribution < 1.29 is 22.4 Å². The van der Waals surface area contributed by atoms with Crippen LogP contribution in [0.5, 0.6) is 0 Å². The van der Waals surface area contributed by atoms with E-state index in [1.807, 2.05) is 4.90 Å². The fraction of sp³-hybridized carbons (Fsp3) is 0.522. The van der Waals surface area contributed by atoms with E-state index in [9.17, 15) is 22.4 Å². The van der Waals surface area contributed by atoms with Crippen LogP contribution in [0.25, 0.3) is 5.57 Å². The Balaban J connectivity index is 1.45. The molecule has 4 rings (SSSR count). The number of hydrogen-bond acceptors (Lipinski definition) is 2. The minimum absolute atomic E-state index is 0.122. The Hall–Kier alpha value is -2.15. The molecular weight excluding hydrogens is 396 g/mol. The molecule has 0 saturated carbocycles. The maximum Gasteiger partial charge on any atom is 0.416 e. The van der Waals surface area contributed by atoms with E-state index < -0.39 is 23.5 Å². The van der Waals surface area contributed by atoms with Gasteiger partial charge in [0.15, 0.2) is 0 Å². The van der Waals surface area contributed by atoms with Crippen molar-refractivity contribution in [2.45, 2.75) is 44.3 Å². The van der Waals surface area contributed by atoms with Gasteiger partial charge in [-0.2, -0.15) is 13.2 Å². The number of carbonyl (C=O) groups is 1. The number of carbonyl (C=O) groups excluding carboxylic acids is 1. The molecule has 3 nitrogen and oxygen atoms in total. The van der Waals surface area contributed by atoms with Gasteiger partial charge in [-0.25, -0.2) is 4.39 Å². The molecule has 2 heterocycles. The normalized spacial score (nSPS) is 25.4. The molecule has 2 atom stereocenters. The summed E-state index contributed by atoms with van der Waals surface area (Å²) in [5.41, 5.74) is -0.0774. The Labute approximate surface area is 174 Å². The number of hydrogen-bond donors (Lipinski definition) is 0. The molecule has 2 unspecified atom stereocenters. The number of allylic oxidation sites excluding steroid dienone is 3. The summed E-state index contributed by atoms with van der Waals surface area (Å²) in [5.74, 6) is -1.65. The summed E-state index contributed by atoms with van der Waals surface area (Å²) < 4.78 is 53.8. The van der Waals surface area contributed by atoms with E-state index in [0.717, 1.165) is 44.6 Å².